The van der Waals surface area contributed by atoms with E-state index in [-0.39, 0.29) is 6.15 Å². The number of hydrogen-bond donors (Lipinski definition) is 1. The lowest BCUT2D eigenvalue weighted by Gasteiger charge is -2.09. The zero-order valence-corrected chi connectivity index (χ0v) is 12.8. The van der Waals surface area contributed by atoms with E-state index in [0.29, 0.717) is 0 Å². The third-order valence-corrected chi connectivity index (χ3v) is 3.54. The van der Waals surface area contributed by atoms with Gasteiger partial charge in [0.15, 0.2) is 0 Å². The van der Waals surface area contributed by atoms with Gasteiger partial charge in [0.2, 0.25) is 0 Å². The normalized spacial score (nSPS) is 9.86. The minimum Gasteiger partial charge on any atom is -0.457 e. The summed E-state index contributed by atoms with van der Waals surface area (Å²) < 4.78 is 5.83. The molecule has 112 valence electrons. The van der Waals surface area contributed by atoms with Gasteiger partial charge in [-0.3, -0.25) is 0 Å². The van der Waals surface area contributed by atoms with Gasteiger partial charge in [-0.2, -0.15) is 0 Å². The molecule has 0 heterocycles. The minimum absolute atomic E-state index is 0. The van der Waals surface area contributed by atoms with Crippen molar-refractivity contribution in [1.29, 1.82) is 0 Å². The second-order valence-corrected chi connectivity index (χ2v) is 4.95. The Labute approximate surface area is 132 Å². The highest BCUT2D eigenvalue weighted by Crippen LogP contribution is 2.28. The predicted octanol–water partition coefficient (Wildman–Crippen LogP) is 5.87. The summed E-state index contributed by atoms with van der Waals surface area (Å²) in [6.45, 7) is 2.19. The molecule has 0 saturated heterocycles. The number of aryl methyl sites for hydroxylation is 1. The number of ether oxygens (including phenoxy) is 1. The second-order valence-electron chi connectivity index (χ2n) is 4.95. The summed E-state index contributed by atoms with van der Waals surface area (Å²) >= 11 is 0. The molecule has 0 unspecified atom stereocenters. The third kappa shape index (κ3) is 3.54. The van der Waals surface area contributed by atoms with Crippen LogP contribution >= 0.6 is 0 Å². The van der Waals surface area contributed by atoms with Gasteiger partial charge in [-0.05, 0) is 47.4 Å². The Morgan fingerprint density at radius 3 is 1.95 bits per heavy atom. The van der Waals surface area contributed by atoms with Crippen molar-refractivity contribution in [3.05, 3.63) is 84.4 Å². The fourth-order valence-corrected chi connectivity index (χ4v) is 2.44. The van der Waals surface area contributed by atoms with E-state index in [2.05, 4.69) is 43.3 Å². The van der Waals surface area contributed by atoms with Crippen molar-refractivity contribution in [3.63, 3.8) is 0 Å². The van der Waals surface area contributed by atoms with Crippen LogP contribution in [0.25, 0.3) is 11.1 Å². The van der Waals surface area contributed by atoms with Gasteiger partial charge >= 0.3 is 0 Å². The summed E-state index contributed by atoms with van der Waals surface area (Å²) in [4.78, 5) is 0. The van der Waals surface area contributed by atoms with E-state index in [0.717, 1.165) is 17.9 Å². The van der Waals surface area contributed by atoms with Crippen LogP contribution in [0.5, 0.6) is 11.5 Å². The molecule has 0 fully saturated rings. The maximum atomic E-state index is 5.83. The Hall–Kier alpha value is -2.58. The SMILES string of the molecule is CCc1ccccc1-c1ccc(Oc2ccccc2)cc1.N. The van der Waals surface area contributed by atoms with Gasteiger partial charge in [-0.25, -0.2) is 0 Å². The molecule has 2 nitrogen and oxygen atoms in total. The Kier molecular flexibility index (Phi) is 5.34. The van der Waals surface area contributed by atoms with Crippen molar-refractivity contribution in [3.8, 4) is 22.6 Å². The van der Waals surface area contributed by atoms with Crippen molar-refractivity contribution in [2.45, 2.75) is 13.3 Å². The van der Waals surface area contributed by atoms with Crippen LogP contribution in [0, 0.1) is 0 Å². The van der Waals surface area contributed by atoms with E-state index < -0.39 is 0 Å². The summed E-state index contributed by atoms with van der Waals surface area (Å²) in [5.74, 6) is 1.72. The minimum atomic E-state index is 0. The average molecular weight is 291 g/mol. The van der Waals surface area contributed by atoms with Crippen LogP contribution in [0.15, 0.2) is 78.9 Å². The van der Waals surface area contributed by atoms with Gasteiger partial charge in [-0.1, -0.05) is 61.5 Å². The monoisotopic (exact) mass is 291 g/mol. The third-order valence-electron chi connectivity index (χ3n) is 3.54. The number of hydrogen-bond acceptors (Lipinski definition) is 2. The van der Waals surface area contributed by atoms with Gasteiger partial charge in [0.1, 0.15) is 11.5 Å². The molecule has 3 rings (SSSR count). The van der Waals surface area contributed by atoms with E-state index in [4.69, 9.17) is 4.74 Å². The lowest BCUT2D eigenvalue weighted by molar-refractivity contribution is 0.483. The molecule has 0 radical (unpaired) electrons. The largest absolute Gasteiger partial charge is 0.457 e. The number of benzene rings is 3. The smallest absolute Gasteiger partial charge is 0.127 e. The summed E-state index contributed by atoms with van der Waals surface area (Å²) in [7, 11) is 0. The van der Waals surface area contributed by atoms with Crippen LogP contribution in [0.2, 0.25) is 0 Å². The molecule has 0 aliphatic rings. The number of para-hydroxylation sites is 1. The van der Waals surface area contributed by atoms with Gasteiger partial charge < -0.3 is 10.9 Å². The first-order valence-corrected chi connectivity index (χ1v) is 7.28. The average Bonchev–Trinajstić information content (AvgIpc) is 2.56. The Morgan fingerprint density at radius 2 is 1.27 bits per heavy atom. The molecule has 3 N–H and O–H groups in total. The molecule has 0 saturated carbocycles. The second kappa shape index (κ2) is 7.43. The number of rotatable bonds is 4. The van der Waals surface area contributed by atoms with E-state index in [1.807, 2.05) is 42.5 Å². The van der Waals surface area contributed by atoms with E-state index >= 15 is 0 Å². The van der Waals surface area contributed by atoms with Crippen molar-refractivity contribution >= 4 is 0 Å². The molecule has 0 spiro atoms. The first kappa shape index (κ1) is 15.8. The van der Waals surface area contributed by atoms with E-state index in [9.17, 15) is 0 Å². The lowest BCUT2D eigenvalue weighted by Crippen LogP contribution is -1.88. The van der Waals surface area contributed by atoms with E-state index in [1.54, 1.807) is 0 Å². The van der Waals surface area contributed by atoms with Gasteiger partial charge in [0, 0.05) is 0 Å². The first-order valence-electron chi connectivity index (χ1n) is 7.28. The van der Waals surface area contributed by atoms with Gasteiger partial charge in [0.05, 0.1) is 0 Å². The molecule has 0 bridgehead atoms. The molecule has 0 aromatic heterocycles. The van der Waals surface area contributed by atoms with Crippen LogP contribution < -0.4 is 10.9 Å². The molecule has 0 atom stereocenters. The van der Waals surface area contributed by atoms with Crippen LogP contribution in [-0.2, 0) is 6.42 Å². The summed E-state index contributed by atoms with van der Waals surface area (Å²) in [5.41, 5.74) is 3.90. The van der Waals surface area contributed by atoms with Crippen molar-refractivity contribution in [2.75, 3.05) is 0 Å². The first-order chi connectivity index (χ1) is 10.4. The molecule has 3 aromatic carbocycles. The van der Waals surface area contributed by atoms with E-state index in [1.165, 1.54) is 16.7 Å². The Balaban J connectivity index is 0.00000176. The van der Waals surface area contributed by atoms with Gasteiger partial charge in [-0.15, -0.1) is 0 Å². The molecular weight excluding hydrogens is 270 g/mol. The molecule has 0 amide bonds. The van der Waals surface area contributed by atoms with Crippen molar-refractivity contribution < 1.29 is 4.74 Å². The quantitative estimate of drug-likeness (QED) is 0.653. The molecule has 2 heteroatoms. The fourth-order valence-electron chi connectivity index (χ4n) is 2.44. The maximum Gasteiger partial charge on any atom is 0.127 e. The molecule has 3 aromatic rings. The summed E-state index contributed by atoms with van der Waals surface area (Å²) in [5, 5.41) is 0. The zero-order chi connectivity index (χ0) is 14.5. The fraction of sp³-hybridized carbons (Fsp3) is 0.100. The topological polar surface area (TPSA) is 44.2 Å². The highest BCUT2D eigenvalue weighted by Gasteiger charge is 2.03. The summed E-state index contributed by atoms with van der Waals surface area (Å²) in [6, 6.07) is 26.7. The summed E-state index contributed by atoms with van der Waals surface area (Å²) in [6.07, 6.45) is 1.04. The molecular formula is C20H21NO. The maximum absolute atomic E-state index is 5.83. The highest BCUT2D eigenvalue weighted by atomic mass is 16.5. The van der Waals surface area contributed by atoms with Crippen LogP contribution in [0.1, 0.15) is 12.5 Å². The Bertz CT molecular complexity index is 705. The zero-order valence-electron chi connectivity index (χ0n) is 12.8. The van der Waals surface area contributed by atoms with Gasteiger partial charge in [0.25, 0.3) is 0 Å². The molecule has 0 aliphatic carbocycles. The predicted molar refractivity (Wildman–Crippen MR) is 92.8 cm³/mol. The van der Waals surface area contributed by atoms with Crippen LogP contribution in [0.3, 0.4) is 0 Å². The van der Waals surface area contributed by atoms with Crippen LogP contribution in [0.4, 0.5) is 0 Å². The van der Waals surface area contributed by atoms with Crippen LogP contribution in [-0.4, -0.2) is 0 Å². The lowest BCUT2D eigenvalue weighted by atomic mass is 9.98. The molecule has 0 aliphatic heterocycles. The van der Waals surface area contributed by atoms with Crippen molar-refractivity contribution in [1.82, 2.24) is 6.15 Å². The standard InChI is InChI=1S/C20H18O.H3N/c1-2-16-8-6-7-11-20(16)17-12-14-19(15-13-17)21-18-9-4-3-5-10-18;/h3-15H,2H2,1H3;1H3. The highest BCUT2D eigenvalue weighted by molar-refractivity contribution is 5.68. The molecule has 22 heavy (non-hydrogen) atoms. The van der Waals surface area contributed by atoms with Crippen molar-refractivity contribution in [2.24, 2.45) is 0 Å². The Morgan fingerprint density at radius 1 is 0.682 bits per heavy atom.